The summed E-state index contributed by atoms with van der Waals surface area (Å²) in [6.07, 6.45) is 8.33. The lowest BCUT2D eigenvalue weighted by Gasteiger charge is -2.32. The van der Waals surface area contributed by atoms with Gasteiger partial charge >= 0.3 is 6.03 Å². The van der Waals surface area contributed by atoms with E-state index in [1.54, 1.807) is 0 Å². The molecule has 2 heterocycles. The van der Waals surface area contributed by atoms with Crippen molar-refractivity contribution in [2.45, 2.75) is 56.5 Å². The molecule has 1 aliphatic carbocycles. The number of piperidine rings is 1. The molecule has 0 bridgehead atoms. The molecule has 4 heteroatoms. The Balaban J connectivity index is 1.30. The van der Waals surface area contributed by atoms with Crippen molar-refractivity contribution in [1.29, 1.82) is 0 Å². The van der Waals surface area contributed by atoms with Gasteiger partial charge in [0.1, 0.15) is 0 Å². The van der Waals surface area contributed by atoms with E-state index in [0.717, 1.165) is 38.8 Å². The zero-order valence-electron chi connectivity index (χ0n) is 14.5. The maximum Gasteiger partial charge on any atom is 0.317 e. The third-order valence-corrected chi connectivity index (χ3v) is 5.97. The van der Waals surface area contributed by atoms with Gasteiger partial charge in [-0.1, -0.05) is 36.8 Å². The summed E-state index contributed by atoms with van der Waals surface area (Å²) in [5.41, 5.74) is 1.34. The Labute approximate surface area is 145 Å². The molecule has 0 radical (unpaired) electrons. The van der Waals surface area contributed by atoms with Crippen molar-refractivity contribution in [1.82, 2.24) is 15.1 Å². The van der Waals surface area contributed by atoms with Gasteiger partial charge in [0.05, 0.1) is 0 Å². The first-order valence-corrected chi connectivity index (χ1v) is 9.59. The van der Waals surface area contributed by atoms with Crippen LogP contribution in [-0.2, 0) is 6.42 Å². The van der Waals surface area contributed by atoms with Crippen molar-refractivity contribution < 1.29 is 4.79 Å². The van der Waals surface area contributed by atoms with E-state index in [0.29, 0.717) is 6.04 Å². The van der Waals surface area contributed by atoms with Crippen LogP contribution in [0.5, 0.6) is 0 Å². The maximum atomic E-state index is 12.7. The predicted molar refractivity (Wildman–Crippen MR) is 96.0 cm³/mol. The minimum absolute atomic E-state index is 0.0155. The molecule has 1 aromatic carbocycles. The number of nitrogens with zero attached hydrogens (tertiary/aromatic N) is 2. The van der Waals surface area contributed by atoms with E-state index in [1.165, 1.54) is 37.9 Å². The number of hydrogen-bond acceptors (Lipinski definition) is 2. The van der Waals surface area contributed by atoms with Crippen LogP contribution >= 0.6 is 0 Å². The molecule has 4 nitrogen and oxygen atoms in total. The van der Waals surface area contributed by atoms with Crippen LogP contribution in [0, 0.1) is 0 Å². The molecule has 0 aromatic heterocycles. The molecule has 2 saturated heterocycles. The van der Waals surface area contributed by atoms with Crippen LogP contribution < -0.4 is 5.32 Å². The Hall–Kier alpha value is -1.55. The van der Waals surface area contributed by atoms with Gasteiger partial charge in [-0.25, -0.2) is 4.79 Å². The topological polar surface area (TPSA) is 35.6 Å². The molecule has 3 fully saturated rings. The Morgan fingerprint density at radius 2 is 1.83 bits per heavy atom. The standard InChI is InChI=1S/C20H29N3O/c24-19(21-20(10-11-20)15-17-7-3-1-4-8-17)23-14-9-18(16-23)22-12-5-2-6-13-22/h1,3-4,7-8,18H,2,5-6,9-16H2,(H,21,24)/t18-/m0/s1. The summed E-state index contributed by atoms with van der Waals surface area (Å²) in [6.45, 7) is 4.26. The molecule has 3 aliphatic rings. The van der Waals surface area contributed by atoms with Gasteiger partial charge in [-0.3, -0.25) is 4.90 Å². The van der Waals surface area contributed by atoms with Gasteiger partial charge in [-0.05, 0) is 57.2 Å². The highest BCUT2D eigenvalue weighted by Gasteiger charge is 2.45. The fourth-order valence-electron chi connectivity index (χ4n) is 4.30. The number of nitrogens with one attached hydrogen (secondary N) is 1. The molecule has 0 spiro atoms. The van der Waals surface area contributed by atoms with Gasteiger partial charge < -0.3 is 10.2 Å². The fraction of sp³-hybridized carbons (Fsp3) is 0.650. The number of benzene rings is 1. The van der Waals surface area contributed by atoms with Crippen molar-refractivity contribution in [3.05, 3.63) is 35.9 Å². The highest BCUT2D eigenvalue weighted by Crippen LogP contribution is 2.39. The molecular weight excluding hydrogens is 298 g/mol. The van der Waals surface area contributed by atoms with Crippen LogP contribution in [0.1, 0.15) is 44.1 Å². The minimum atomic E-state index is 0.0155. The third-order valence-electron chi connectivity index (χ3n) is 5.97. The molecule has 24 heavy (non-hydrogen) atoms. The number of rotatable bonds is 4. The van der Waals surface area contributed by atoms with E-state index < -0.39 is 0 Å². The van der Waals surface area contributed by atoms with Crippen molar-refractivity contribution in [3.8, 4) is 0 Å². The van der Waals surface area contributed by atoms with Crippen LogP contribution in [0.4, 0.5) is 4.79 Å². The second kappa shape index (κ2) is 6.75. The Kier molecular flexibility index (Phi) is 4.49. The predicted octanol–water partition coefficient (Wildman–Crippen LogP) is 3.03. The van der Waals surface area contributed by atoms with E-state index in [4.69, 9.17) is 0 Å². The Morgan fingerprint density at radius 1 is 1.08 bits per heavy atom. The number of carbonyl (C=O) groups excluding carboxylic acids is 1. The van der Waals surface area contributed by atoms with Gasteiger partial charge in [0.15, 0.2) is 0 Å². The van der Waals surface area contributed by atoms with Gasteiger partial charge in [-0.2, -0.15) is 0 Å². The smallest absolute Gasteiger partial charge is 0.317 e. The van der Waals surface area contributed by atoms with E-state index >= 15 is 0 Å². The van der Waals surface area contributed by atoms with Gasteiger partial charge in [0.25, 0.3) is 0 Å². The summed E-state index contributed by atoms with van der Waals surface area (Å²) in [6, 6.07) is 11.3. The number of urea groups is 1. The first-order valence-electron chi connectivity index (χ1n) is 9.59. The molecule has 1 saturated carbocycles. The fourth-order valence-corrected chi connectivity index (χ4v) is 4.30. The molecule has 2 amide bonds. The van der Waals surface area contributed by atoms with E-state index in [2.05, 4.69) is 34.5 Å². The quantitative estimate of drug-likeness (QED) is 0.923. The van der Waals surface area contributed by atoms with Crippen molar-refractivity contribution >= 4 is 6.03 Å². The number of likely N-dealkylation sites (tertiary alicyclic amines) is 2. The molecule has 0 unspecified atom stereocenters. The monoisotopic (exact) mass is 327 g/mol. The SMILES string of the molecule is O=C(NC1(Cc2ccccc2)CC1)N1CC[C@H](N2CCCCC2)C1. The van der Waals surface area contributed by atoms with E-state index in [9.17, 15) is 4.79 Å². The highest BCUT2D eigenvalue weighted by atomic mass is 16.2. The lowest BCUT2D eigenvalue weighted by molar-refractivity contribution is 0.160. The first kappa shape index (κ1) is 15.9. The lowest BCUT2D eigenvalue weighted by atomic mass is 10.0. The second-order valence-electron chi connectivity index (χ2n) is 7.86. The maximum absolute atomic E-state index is 12.7. The summed E-state index contributed by atoms with van der Waals surface area (Å²) in [4.78, 5) is 17.4. The first-order chi connectivity index (χ1) is 11.7. The average molecular weight is 327 g/mol. The van der Waals surface area contributed by atoms with Gasteiger partial charge in [-0.15, -0.1) is 0 Å². The van der Waals surface area contributed by atoms with Crippen LogP contribution in [0.25, 0.3) is 0 Å². The number of carbonyl (C=O) groups is 1. The minimum Gasteiger partial charge on any atom is -0.332 e. The lowest BCUT2D eigenvalue weighted by Crippen LogP contribution is -2.48. The molecular formula is C20H29N3O. The van der Waals surface area contributed by atoms with Gasteiger partial charge in [0, 0.05) is 24.7 Å². The van der Waals surface area contributed by atoms with Crippen molar-refractivity contribution in [2.24, 2.45) is 0 Å². The Bertz CT molecular complexity index is 564. The second-order valence-corrected chi connectivity index (χ2v) is 7.86. The van der Waals surface area contributed by atoms with Crippen molar-refractivity contribution in [3.63, 3.8) is 0 Å². The summed E-state index contributed by atoms with van der Waals surface area (Å²) in [5, 5.41) is 3.35. The number of hydrogen-bond donors (Lipinski definition) is 1. The summed E-state index contributed by atoms with van der Waals surface area (Å²) in [7, 11) is 0. The molecule has 1 aromatic rings. The van der Waals surface area contributed by atoms with Crippen LogP contribution in [-0.4, -0.2) is 53.6 Å². The highest BCUT2D eigenvalue weighted by molar-refractivity contribution is 5.76. The zero-order valence-corrected chi connectivity index (χ0v) is 14.5. The van der Waals surface area contributed by atoms with Crippen LogP contribution in [0.2, 0.25) is 0 Å². The normalized spacial score (nSPS) is 26.3. The molecule has 1 atom stereocenters. The van der Waals surface area contributed by atoms with Crippen LogP contribution in [0.3, 0.4) is 0 Å². The molecule has 2 aliphatic heterocycles. The molecule has 130 valence electrons. The summed E-state index contributed by atoms with van der Waals surface area (Å²) >= 11 is 0. The third kappa shape index (κ3) is 3.59. The summed E-state index contributed by atoms with van der Waals surface area (Å²) < 4.78 is 0. The molecule has 1 N–H and O–H groups in total. The largest absolute Gasteiger partial charge is 0.332 e. The average Bonchev–Trinajstić information content (AvgIpc) is 3.18. The van der Waals surface area contributed by atoms with Crippen LogP contribution in [0.15, 0.2) is 30.3 Å². The van der Waals surface area contributed by atoms with Gasteiger partial charge in [0.2, 0.25) is 0 Å². The van der Waals surface area contributed by atoms with E-state index in [1.807, 2.05) is 11.0 Å². The summed E-state index contributed by atoms with van der Waals surface area (Å²) in [5.74, 6) is 0. The zero-order chi connectivity index (χ0) is 16.4. The Morgan fingerprint density at radius 3 is 2.54 bits per heavy atom. The number of amides is 2. The van der Waals surface area contributed by atoms with E-state index in [-0.39, 0.29) is 11.6 Å². The van der Waals surface area contributed by atoms with Crippen molar-refractivity contribution in [2.75, 3.05) is 26.2 Å². The molecule has 4 rings (SSSR count).